The third kappa shape index (κ3) is 5.36. The fourth-order valence-electron chi connectivity index (χ4n) is 2.82. The lowest BCUT2D eigenvalue weighted by Crippen LogP contribution is -2.37. The molecular weight excluding hydrogens is 266 g/mol. The Kier molecular flexibility index (Phi) is 6.02. The van der Waals surface area contributed by atoms with Gasteiger partial charge < -0.3 is 21.1 Å². The number of nitrogens with one attached hydrogen (secondary N) is 1. The molecule has 4 N–H and O–H groups in total. The van der Waals surface area contributed by atoms with Gasteiger partial charge in [-0.25, -0.2) is 0 Å². The first-order chi connectivity index (χ1) is 10.2. The van der Waals surface area contributed by atoms with Gasteiger partial charge in [-0.05, 0) is 56.0 Å². The fourth-order valence-corrected chi connectivity index (χ4v) is 2.82. The van der Waals surface area contributed by atoms with E-state index in [1.54, 1.807) is 12.1 Å². The monoisotopic (exact) mass is 291 g/mol. The molecule has 5 heteroatoms. The number of aliphatic hydroxyl groups excluding tert-OH is 1. The summed E-state index contributed by atoms with van der Waals surface area (Å²) in [5, 5.41) is 11.9. The molecule has 1 aliphatic rings. The van der Waals surface area contributed by atoms with Crippen LogP contribution in [0.15, 0.2) is 24.3 Å². The smallest absolute Gasteiger partial charge is 0.225 e. The number of carbonyl (C=O) groups excluding carboxylic acids is 1. The first-order valence-electron chi connectivity index (χ1n) is 7.66. The fraction of sp³-hybridized carbons (Fsp3) is 0.562. The van der Waals surface area contributed by atoms with Gasteiger partial charge in [0, 0.05) is 37.5 Å². The number of hydrogen-bond donors (Lipinski definition) is 3. The average Bonchev–Trinajstić information content (AvgIpc) is 2.48. The van der Waals surface area contributed by atoms with Crippen LogP contribution in [0.25, 0.3) is 0 Å². The molecule has 1 atom stereocenters. The number of nitrogens with zero attached hydrogens (tertiary/aromatic N) is 1. The van der Waals surface area contributed by atoms with Crippen LogP contribution in [-0.2, 0) is 4.79 Å². The van der Waals surface area contributed by atoms with E-state index in [0.29, 0.717) is 18.0 Å². The second-order valence-corrected chi connectivity index (χ2v) is 5.74. The van der Waals surface area contributed by atoms with E-state index in [9.17, 15) is 4.79 Å². The van der Waals surface area contributed by atoms with Crippen molar-refractivity contribution in [3.05, 3.63) is 24.3 Å². The Hall–Kier alpha value is -1.59. The van der Waals surface area contributed by atoms with Crippen LogP contribution < -0.4 is 11.1 Å². The van der Waals surface area contributed by atoms with Crippen molar-refractivity contribution in [2.75, 3.05) is 37.3 Å². The molecule has 0 aromatic heterocycles. The lowest BCUT2D eigenvalue weighted by Gasteiger charge is -2.32. The summed E-state index contributed by atoms with van der Waals surface area (Å²) >= 11 is 0. The number of amides is 1. The molecule has 1 unspecified atom stereocenters. The van der Waals surface area contributed by atoms with E-state index in [0.717, 1.165) is 38.2 Å². The zero-order chi connectivity index (χ0) is 15.1. The quantitative estimate of drug-likeness (QED) is 0.697. The number of hydrogen-bond acceptors (Lipinski definition) is 4. The van der Waals surface area contributed by atoms with E-state index in [-0.39, 0.29) is 12.5 Å². The minimum Gasteiger partial charge on any atom is -0.399 e. The van der Waals surface area contributed by atoms with Gasteiger partial charge in [0.15, 0.2) is 0 Å². The van der Waals surface area contributed by atoms with Crippen LogP contribution in [0.5, 0.6) is 0 Å². The number of likely N-dealkylation sites (tertiary alicyclic amines) is 1. The number of anilines is 2. The van der Waals surface area contributed by atoms with Crippen LogP contribution >= 0.6 is 0 Å². The van der Waals surface area contributed by atoms with Crippen molar-refractivity contribution in [1.29, 1.82) is 0 Å². The Bertz CT molecular complexity index is 445. The highest BCUT2D eigenvalue weighted by molar-refractivity contribution is 5.90. The van der Waals surface area contributed by atoms with Gasteiger partial charge in [0.25, 0.3) is 0 Å². The Morgan fingerprint density at radius 2 is 2.14 bits per heavy atom. The van der Waals surface area contributed by atoms with Crippen LogP contribution in [0.2, 0.25) is 0 Å². The molecule has 1 fully saturated rings. The number of rotatable bonds is 6. The van der Waals surface area contributed by atoms with Gasteiger partial charge in [0.1, 0.15) is 0 Å². The highest BCUT2D eigenvalue weighted by Crippen LogP contribution is 2.19. The zero-order valence-electron chi connectivity index (χ0n) is 12.4. The van der Waals surface area contributed by atoms with Gasteiger partial charge in [-0.2, -0.15) is 0 Å². The predicted molar refractivity (Wildman–Crippen MR) is 85.0 cm³/mol. The number of aliphatic hydroxyl groups is 1. The minimum absolute atomic E-state index is 0.0315. The predicted octanol–water partition coefficient (Wildman–Crippen LogP) is 1.69. The van der Waals surface area contributed by atoms with Crippen LogP contribution in [0.4, 0.5) is 11.4 Å². The summed E-state index contributed by atoms with van der Waals surface area (Å²) in [7, 11) is 0. The SMILES string of the molecule is Nc1ccc(NC(=O)CCN2CCCC(CCO)C2)cc1. The van der Waals surface area contributed by atoms with Gasteiger partial charge in [-0.1, -0.05) is 0 Å². The van der Waals surface area contributed by atoms with Crippen molar-refractivity contribution >= 4 is 17.3 Å². The van der Waals surface area contributed by atoms with Gasteiger partial charge in [-0.15, -0.1) is 0 Å². The molecule has 1 heterocycles. The van der Waals surface area contributed by atoms with Crippen molar-refractivity contribution in [3.8, 4) is 0 Å². The molecule has 1 aromatic carbocycles. The van der Waals surface area contributed by atoms with E-state index < -0.39 is 0 Å². The van der Waals surface area contributed by atoms with Crippen molar-refractivity contribution in [2.24, 2.45) is 5.92 Å². The first kappa shape index (κ1) is 15.8. The molecule has 2 rings (SSSR count). The molecule has 1 aliphatic heterocycles. The molecule has 21 heavy (non-hydrogen) atoms. The van der Waals surface area contributed by atoms with E-state index in [2.05, 4.69) is 10.2 Å². The number of carbonyl (C=O) groups is 1. The second kappa shape index (κ2) is 8.00. The van der Waals surface area contributed by atoms with Crippen LogP contribution in [0.1, 0.15) is 25.7 Å². The molecule has 1 saturated heterocycles. The largest absolute Gasteiger partial charge is 0.399 e. The topological polar surface area (TPSA) is 78.6 Å². The number of nitrogens with two attached hydrogens (primary N) is 1. The maximum absolute atomic E-state index is 11.9. The Balaban J connectivity index is 1.72. The highest BCUT2D eigenvalue weighted by Gasteiger charge is 2.19. The lowest BCUT2D eigenvalue weighted by molar-refractivity contribution is -0.116. The summed E-state index contributed by atoms with van der Waals surface area (Å²) in [6, 6.07) is 7.18. The van der Waals surface area contributed by atoms with E-state index in [4.69, 9.17) is 10.8 Å². The molecule has 1 amide bonds. The summed E-state index contributed by atoms with van der Waals surface area (Å²) in [4.78, 5) is 14.3. The maximum atomic E-state index is 11.9. The Morgan fingerprint density at radius 1 is 1.38 bits per heavy atom. The lowest BCUT2D eigenvalue weighted by atomic mass is 9.95. The molecule has 0 aliphatic carbocycles. The molecule has 0 bridgehead atoms. The van der Waals surface area contributed by atoms with Crippen LogP contribution in [-0.4, -0.2) is 42.2 Å². The average molecular weight is 291 g/mol. The molecular formula is C16H25N3O2. The van der Waals surface area contributed by atoms with Gasteiger partial charge >= 0.3 is 0 Å². The van der Waals surface area contributed by atoms with Crippen molar-refractivity contribution < 1.29 is 9.90 Å². The van der Waals surface area contributed by atoms with Gasteiger partial charge in [0.05, 0.1) is 0 Å². The number of piperidine rings is 1. The molecule has 5 nitrogen and oxygen atoms in total. The summed E-state index contributed by atoms with van der Waals surface area (Å²) in [5.41, 5.74) is 7.09. The third-order valence-electron chi connectivity index (χ3n) is 3.99. The summed E-state index contributed by atoms with van der Waals surface area (Å²) < 4.78 is 0. The van der Waals surface area contributed by atoms with Crippen molar-refractivity contribution in [3.63, 3.8) is 0 Å². The van der Waals surface area contributed by atoms with E-state index in [1.807, 2.05) is 12.1 Å². The molecule has 1 aromatic rings. The van der Waals surface area contributed by atoms with E-state index in [1.165, 1.54) is 6.42 Å². The van der Waals surface area contributed by atoms with E-state index >= 15 is 0 Å². The first-order valence-corrected chi connectivity index (χ1v) is 7.66. The molecule has 0 radical (unpaired) electrons. The third-order valence-corrected chi connectivity index (χ3v) is 3.99. The van der Waals surface area contributed by atoms with Crippen molar-refractivity contribution in [1.82, 2.24) is 4.90 Å². The summed E-state index contributed by atoms with van der Waals surface area (Å²) in [6.45, 7) is 3.09. The normalized spacial score (nSPS) is 19.4. The van der Waals surface area contributed by atoms with Crippen LogP contribution in [0.3, 0.4) is 0 Å². The standard InChI is InChI=1S/C16H25N3O2/c17-14-3-5-15(6-4-14)18-16(21)7-10-19-9-1-2-13(12-19)8-11-20/h3-6,13,20H,1-2,7-12,17H2,(H,18,21). The maximum Gasteiger partial charge on any atom is 0.225 e. The number of nitrogen functional groups attached to an aromatic ring is 1. The Morgan fingerprint density at radius 3 is 2.86 bits per heavy atom. The van der Waals surface area contributed by atoms with Crippen molar-refractivity contribution in [2.45, 2.75) is 25.7 Å². The summed E-state index contributed by atoms with van der Waals surface area (Å²) in [5.74, 6) is 0.605. The minimum atomic E-state index is 0.0315. The molecule has 116 valence electrons. The second-order valence-electron chi connectivity index (χ2n) is 5.74. The Labute approximate surface area is 126 Å². The molecule has 0 spiro atoms. The van der Waals surface area contributed by atoms with Gasteiger partial charge in [0.2, 0.25) is 5.91 Å². The zero-order valence-corrected chi connectivity index (χ0v) is 12.4. The number of benzene rings is 1. The molecule has 0 saturated carbocycles. The van der Waals surface area contributed by atoms with Gasteiger partial charge in [-0.3, -0.25) is 4.79 Å². The van der Waals surface area contributed by atoms with Crippen LogP contribution in [0, 0.1) is 5.92 Å². The highest BCUT2D eigenvalue weighted by atomic mass is 16.3. The summed E-state index contributed by atoms with van der Waals surface area (Å²) in [6.07, 6.45) is 3.71.